The summed E-state index contributed by atoms with van der Waals surface area (Å²) in [5.41, 5.74) is 2.67. The van der Waals surface area contributed by atoms with Crippen molar-refractivity contribution in [1.82, 2.24) is 4.90 Å². The molecule has 1 heterocycles. The van der Waals surface area contributed by atoms with E-state index in [4.69, 9.17) is 5.26 Å². The van der Waals surface area contributed by atoms with Gasteiger partial charge in [-0.3, -0.25) is 4.79 Å². The highest BCUT2D eigenvalue weighted by Crippen LogP contribution is 2.18. The number of amides is 1. The molecule has 3 heteroatoms. The van der Waals surface area contributed by atoms with Crippen molar-refractivity contribution < 1.29 is 4.79 Å². The van der Waals surface area contributed by atoms with Crippen LogP contribution in [-0.2, 0) is 17.6 Å². The van der Waals surface area contributed by atoms with Gasteiger partial charge in [0.15, 0.2) is 0 Å². The number of nitrogens with zero attached hydrogens (tertiary/aromatic N) is 2. The Morgan fingerprint density at radius 1 is 1.32 bits per heavy atom. The molecule has 100 valence electrons. The predicted octanol–water partition coefficient (Wildman–Crippen LogP) is 2.55. The van der Waals surface area contributed by atoms with Gasteiger partial charge in [-0.15, -0.1) is 0 Å². The molecule has 0 fully saturated rings. The first-order valence-corrected chi connectivity index (χ1v) is 7.01. The van der Waals surface area contributed by atoms with E-state index in [0.29, 0.717) is 6.42 Å². The first kappa shape index (κ1) is 13.6. The molecular formula is C16H20N2O. The molecule has 0 saturated heterocycles. The standard InChI is InChI=1S/C16H20N2O/c1-2-5-15(12-17)16(19)18-10-8-13-6-3-4-7-14(13)9-11-18/h3-4,6-7,15H,2,5,8-11H2,1H3. The Morgan fingerprint density at radius 3 is 2.37 bits per heavy atom. The van der Waals surface area contributed by atoms with Gasteiger partial charge in [-0.05, 0) is 30.4 Å². The highest BCUT2D eigenvalue weighted by molar-refractivity contribution is 5.81. The summed E-state index contributed by atoms with van der Waals surface area (Å²) in [6, 6.07) is 10.5. The molecule has 1 aliphatic heterocycles. The second-order valence-corrected chi connectivity index (χ2v) is 5.06. The van der Waals surface area contributed by atoms with Crippen molar-refractivity contribution in [2.45, 2.75) is 32.6 Å². The van der Waals surface area contributed by atoms with Gasteiger partial charge >= 0.3 is 0 Å². The van der Waals surface area contributed by atoms with Gasteiger partial charge < -0.3 is 4.90 Å². The lowest BCUT2D eigenvalue weighted by atomic mass is 10.0. The van der Waals surface area contributed by atoms with E-state index in [0.717, 1.165) is 32.4 Å². The molecule has 1 unspecified atom stereocenters. The van der Waals surface area contributed by atoms with E-state index in [1.54, 1.807) is 0 Å². The van der Waals surface area contributed by atoms with Gasteiger partial charge in [-0.25, -0.2) is 0 Å². The second-order valence-electron chi connectivity index (χ2n) is 5.06. The fourth-order valence-electron chi connectivity index (χ4n) is 2.64. The third-order valence-electron chi connectivity index (χ3n) is 3.76. The van der Waals surface area contributed by atoms with Crippen molar-refractivity contribution in [1.29, 1.82) is 5.26 Å². The van der Waals surface area contributed by atoms with Crippen molar-refractivity contribution >= 4 is 5.91 Å². The second kappa shape index (κ2) is 6.38. The van der Waals surface area contributed by atoms with Crippen LogP contribution in [0.25, 0.3) is 0 Å². The summed E-state index contributed by atoms with van der Waals surface area (Å²) in [5, 5.41) is 9.10. The van der Waals surface area contributed by atoms with Crippen molar-refractivity contribution in [2.75, 3.05) is 13.1 Å². The summed E-state index contributed by atoms with van der Waals surface area (Å²) in [4.78, 5) is 14.2. The number of benzene rings is 1. The molecule has 0 aliphatic carbocycles. The van der Waals surface area contributed by atoms with Gasteiger partial charge in [0.25, 0.3) is 0 Å². The van der Waals surface area contributed by atoms with Gasteiger partial charge in [0.1, 0.15) is 5.92 Å². The number of hydrogen-bond acceptors (Lipinski definition) is 2. The summed E-state index contributed by atoms with van der Waals surface area (Å²) in [7, 11) is 0. The van der Waals surface area contributed by atoms with Crippen LogP contribution in [0.2, 0.25) is 0 Å². The fraction of sp³-hybridized carbons (Fsp3) is 0.500. The first-order valence-electron chi connectivity index (χ1n) is 7.01. The maximum atomic E-state index is 12.3. The minimum Gasteiger partial charge on any atom is -0.341 e. The Morgan fingerprint density at radius 2 is 1.89 bits per heavy atom. The monoisotopic (exact) mass is 256 g/mol. The lowest BCUT2D eigenvalue weighted by molar-refractivity contribution is -0.133. The number of fused-ring (bicyclic) bond motifs is 1. The van der Waals surface area contributed by atoms with Gasteiger partial charge in [-0.2, -0.15) is 5.26 Å². The molecule has 19 heavy (non-hydrogen) atoms. The Labute approximate surface area is 114 Å². The van der Waals surface area contributed by atoms with Crippen molar-refractivity contribution in [3.63, 3.8) is 0 Å². The van der Waals surface area contributed by atoms with E-state index in [1.165, 1.54) is 11.1 Å². The van der Waals surface area contributed by atoms with Crippen molar-refractivity contribution in [2.24, 2.45) is 5.92 Å². The lowest BCUT2D eigenvalue weighted by Crippen LogP contribution is -2.37. The zero-order chi connectivity index (χ0) is 13.7. The summed E-state index contributed by atoms with van der Waals surface area (Å²) in [6.07, 6.45) is 3.33. The van der Waals surface area contributed by atoms with Gasteiger partial charge in [0, 0.05) is 13.1 Å². The average Bonchev–Trinajstić information content (AvgIpc) is 2.66. The van der Waals surface area contributed by atoms with Crippen LogP contribution in [-0.4, -0.2) is 23.9 Å². The van der Waals surface area contributed by atoms with Crippen molar-refractivity contribution in [3.05, 3.63) is 35.4 Å². The minimum atomic E-state index is -0.466. The third-order valence-corrected chi connectivity index (χ3v) is 3.76. The number of rotatable bonds is 3. The maximum absolute atomic E-state index is 12.3. The normalized spacial score (nSPS) is 16.1. The Kier molecular flexibility index (Phi) is 4.57. The Balaban J connectivity index is 2.05. The van der Waals surface area contributed by atoms with Crippen LogP contribution in [0.15, 0.2) is 24.3 Å². The third kappa shape index (κ3) is 3.14. The maximum Gasteiger partial charge on any atom is 0.239 e. The fourth-order valence-corrected chi connectivity index (χ4v) is 2.64. The van der Waals surface area contributed by atoms with Gasteiger partial charge in [0.05, 0.1) is 6.07 Å². The molecule has 1 atom stereocenters. The molecule has 0 saturated carbocycles. The van der Waals surface area contributed by atoms with Gasteiger partial charge in [0.2, 0.25) is 5.91 Å². The smallest absolute Gasteiger partial charge is 0.239 e. The largest absolute Gasteiger partial charge is 0.341 e. The topological polar surface area (TPSA) is 44.1 Å². The molecule has 0 aromatic heterocycles. The number of nitriles is 1. The van der Waals surface area contributed by atoms with Crippen LogP contribution in [0.1, 0.15) is 30.9 Å². The van der Waals surface area contributed by atoms with Gasteiger partial charge in [-0.1, -0.05) is 37.6 Å². The summed E-state index contributed by atoms with van der Waals surface area (Å²) >= 11 is 0. The van der Waals surface area contributed by atoms with E-state index in [-0.39, 0.29) is 5.91 Å². The van der Waals surface area contributed by atoms with E-state index in [2.05, 4.69) is 18.2 Å². The van der Waals surface area contributed by atoms with E-state index in [1.807, 2.05) is 24.0 Å². The molecule has 1 aliphatic rings. The van der Waals surface area contributed by atoms with E-state index < -0.39 is 5.92 Å². The van der Waals surface area contributed by atoms with E-state index >= 15 is 0 Å². The Bertz CT molecular complexity index is 463. The zero-order valence-corrected chi connectivity index (χ0v) is 11.4. The summed E-state index contributed by atoms with van der Waals surface area (Å²) < 4.78 is 0. The highest BCUT2D eigenvalue weighted by atomic mass is 16.2. The molecule has 3 nitrogen and oxygen atoms in total. The molecule has 0 spiro atoms. The van der Waals surface area contributed by atoms with E-state index in [9.17, 15) is 4.79 Å². The number of carbonyl (C=O) groups is 1. The number of hydrogen-bond donors (Lipinski definition) is 0. The molecule has 0 bridgehead atoms. The average molecular weight is 256 g/mol. The molecule has 1 amide bonds. The van der Waals surface area contributed by atoms with Crippen LogP contribution in [0.5, 0.6) is 0 Å². The first-order chi connectivity index (χ1) is 9.26. The zero-order valence-electron chi connectivity index (χ0n) is 11.4. The number of carbonyl (C=O) groups excluding carboxylic acids is 1. The van der Waals surface area contributed by atoms with Crippen LogP contribution in [0, 0.1) is 17.2 Å². The van der Waals surface area contributed by atoms with Crippen LogP contribution >= 0.6 is 0 Å². The molecule has 1 aromatic carbocycles. The highest BCUT2D eigenvalue weighted by Gasteiger charge is 2.24. The summed E-state index contributed by atoms with van der Waals surface area (Å²) in [6.45, 7) is 3.48. The molecule has 1 aromatic rings. The molecule has 2 rings (SSSR count). The SMILES string of the molecule is CCCC(C#N)C(=O)N1CCc2ccccc2CC1. The Hall–Kier alpha value is -1.82. The molecule has 0 N–H and O–H groups in total. The quantitative estimate of drug-likeness (QED) is 0.834. The summed E-state index contributed by atoms with van der Waals surface area (Å²) in [5.74, 6) is -0.455. The predicted molar refractivity (Wildman–Crippen MR) is 74.4 cm³/mol. The molecular weight excluding hydrogens is 236 g/mol. The van der Waals surface area contributed by atoms with Crippen LogP contribution in [0.3, 0.4) is 0 Å². The van der Waals surface area contributed by atoms with Crippen molar-refractivity contribution in [3.8, 4) is 6.07 Å². The molecule has 0 radical (unpaired) electrons. The minimum absolute atomic E-state index is 0.0113. The van der Waals surface area contributed by atoms with Crippen LogP contribution in [0.4, 0.5) is 0 Å². The lowest BCUT2D eigenvalue weighted by Gasteiger charge is -2.22. The van der Waals surface area contributed by atoms with Crippen LogP contribution < -0.4 is 0 Å².